The zero-order valence-corrected chi connectivity index (χ0v) is 22.8. The molecule has 1 aromatic rings. The minimum absolute atomic E-state index is 0.0461. The molecule has 1 aromatic carbocycles. The molecule has 4 unspecified atom stereocenters. The van der Waals surface area contributed by atoms with Gasteiger partial charge in [-0.15, -0.1) is 6.58 Å². The van der Waals surface area contributed by atoms with Gasteiger partial charge >= 0.3 is 0 Å². The van der Waals surface area contributed by atoms with Gasteiger partial charge in [-0.05, 0) is 49.8 Å². The van der Waals surface area contributed by atoms with Gasteiger partial charge in [0.05, 0.1) is 23.2 Å². The second kappa shape index (κ2) is 15.2. The second-order valence-electron chi connectivity index (χ2n) is 10.3. The van der Waals surface area contributed by atoms with Gasteiger partial charge in [-0.25, -0.2) is 32.7 Å². The molecule has 1 N–H and O–H groups in total. The lowest BCUT2D eigenvalue weighted by Crippen LogP contribution is -2.27. The van der Waals surface area contributed by atoms with Gasteiger partial charge in [0.2, 0.25) is 10.0 Å². The van der Waals surface area contributed by atoms with E-state index in [-0.39, 0.29) is 24.4 Å². The molecule has 2 heterocycles. The van der Waals surface area contributed by atoms with Crippen LogP contribution in [0.4, 0.5) is 0 Å². The summed E-state index contributed by atoms with van der Waals surface area (Å²) in [5, 5.41) is 0. The van der Waals surface area contributed by atoms with E-state index >= 15 is 0 Å². The largest absolute Gasteiger partial charge is 0.240 e. The lowest BCUT2D eigenvalue weighted by Gasteiger charge is -2.10. The van der Waals surface area contributed by atoms with Crippen molar-refractivity contribution in [3.63, 3.8) is 0 Å². The number of nitrogens with one attached hydrogen (secondary N) is 1. The van der Waals surface area contributed by atoms with Crippen LogP contribution < -0.4 is 4.72 Å². The number of aryl methyl sites for hydroxylation is 1. The number of unbranched alkanes of at least 4 members (excludes halogenated alkanes) is 4. The second-order valence-corrected chi connectivity index (χ2v) is 12.0. The van der Waals surface area contributed by atoms with Crippen molar-refractivity contribution in [2.75, 3.05) is 6.54 Å². The highest BCUT2D eigenvalue weighted by Gasteiger charge is 2.30. The predicted molar refractivity (Wildman–Crippen MR) is 141 cm³/mol. The molecule has 7 nitrogen and oxygen atoms in total. The summed E-state index contributed by atoms with van der Waals surface area (Å²) >= 11 is 0. The number of rotatable bonds is 17. The summed E-state index contributed by atoms with van der Waals surface area (Å²) in [6, 6.07) is 7.26. The van der Waals surface area contributed by atoms with E-state index in [2.05, 4.69) is 25.1 Å². The van der Waals surface area contributed by atoms with E-state index in [1.807, 2.05) is 18.2 Å². The van der Waals surface area contributed by atoms with Crippen LogP contribution in [0.3, 0.4) is 0 Å². The zero-order valence-electron chi connectivity index (χ0n) is 22.0. The van der Waals surface area contributed by atoms with Crippen LogP contribution >= 0.6 is 0 Å². The maximum absolute atomic E-state index is 12.6. The molecule has 36 heavy (non-hydrogen) atoms. The van der Waals surface area contributed by atoms with Crippen LogP contribution in [-0.2, 0) is 36.0 Å². The fourth-order valence-corrected chi connectivity index (χ4v) is 5.84. The molecule has 204 valence electrons. The molecule has 0 amide bonds. The SMILES string of the molecule is C=CC(C)[C@H]1CC(CCCCCCCc2ccc(S(=O)(=O)NCCC3CC(CCC)OO3)cc2)OO1. The quantitative estimate of drug-likeness (QED) is 0.152. The van der Waals surface area contributed by atoms with E-state index < -0.39 is 10.0 Å². The maximum Gasteiger partial charge on any atom is 0.240 e. The smallest absolute Gasteiger partial charge is 0.233 e. The Morgan fingerprint density at radius 3 is 2.28 bits per heavy atom. The molecule has 0 bridgehead atoms. The molecule has 0 saturated carbocycles. The van der Waals surface area contributed by atoms with Crippen LogP contribution in [0.25, 0.3) is 0 Å². The Morgan fingerprint density at radius 2 is 1.56 bits per heavy atom. The van der Waals surface area contributed by atoms with Gasteiger partial charge in [0.15, 0.2) is 0 Å². The van der Waals surface area contributed by atoms with Crippen molar-refractivity contribution >= 4 is 10.0 Å². The van der Waals surface area contributed by atoms with Crippen LogP contribution in [0.2, 0.25) is 0 Å². The van der Waals surface area contributed by atoms with Gasteiger partial charge in [-0.3, -0.25) is 0 Å². The molecule has 2 fully saturated rings. The Kier molecular flexibility index (Phi) is 12.4. The predicted octanol–water partition coefficient (Wildman–Crippen LogP) is 6.04. The first kappa shape index (κ1) is 29.3. The molecule has 0 aromatic heterocycles. The molecule has 5 atom stereocenters. The molecule has 0 aliphatic carbocycles. The highest BCUT2D eigenvalue weighted by atomic mass is 32.2. The summed E-state index contributed by atoms with van der Waals surface area (Å²) in [7, 11) is -3.52. The van der Waals surface area contributed by atoms with Gasteiger partial charge in [0, 0.05) is 25.3 Å². The third-order valence-electron chi connectivity index (χ3n) is 7.22. The summed E-state index contributed by atoms with van der Waals surface area (Å²) < 4.78 is 27.9. The molecular weight excluding hydrogens is 478 g/mol. The van der Waals surface area contributed by atoms with Gasteiger partial charge in [0.25, 0.3) is 0 Å². The summed E-state index contributed by atoms with van der Waals surface area (Å²) in [4.78, 5) is 21.8. The van der Waals surface area contributed by atoms with E-state index in [0.717, 1.165) is 51.4 Å². The molecular formula is C28H45NO6S. The van der Waals surface area contributed by atoms with Gasteiger partial charge in [0.1, 0.15) is 6.10 Å². The van der Waals surface area contributed by atoms with Crippen molar-refractivity contribution in [2.24, 2.45) is 5.92 Å². The minimum Gasteiger partial charge on any atom is -0.233 e. The highest BCUT2D eigenvalue weighted by molar-refractivity contribution is 7.89. The fourth-order valence-electron chi connectivity index (χ4n) is 4.79. The topological polar surface area (TPSA) is 83.1 Å². The van der Waals surface area contributed by atoms with Crippen LogP contribution in [0.15, 0.2) is 41.8 Å². The summed E-state index contributed by atoms with van der Waals surface area (Å²) in [6.07, 6.45) is 14.6. The third kappa shape index (κ3) is 9.54. The molecule has 2 aliphatic rings. The van der Waals surface area contributed by atoms with E-state index in [4.69, 9.17) is 19.6 Å². The van der Waals surface area contributed by atoms with E-state index in [1.165, 1.54) is 24.8 Å². The molecule has 2 aliphatic heterocycles. The minimum atomic E-state index is -3.52. The van der Waals surface area contributed by atoms with Gasteiger partial charge < -0.3 is 0 Å². The molecule has 2 saturated heterocycles. The van der Waals surface area contributed by atoms with Gasteiger partial charge in [-0.1, -0.05) is 64.2 Å². The standard InChI is InChI=1S/C28H45NO6S/c1-4-11-24-20-26(33-32-24)18-19-29-36(30,31)27-16-14-23(15-17-27)12-9-7-6-8-10-13-25-21-28(35-34-25)22(3)5-2/h5,14-17,22,24-26,28-29H,2,4,6-13,18-21H2,1,3H3/t22?,24?,25?,26?,28-/m1/s1. The third-order valence-corrected chi connectivity index (χ3v) is 8.69. The van der Waals surface area contributed by atoms with E-state index in [9.17, 15) is 8.42 Å². The molecule has 0 spiro atoms. The average molecular weight is 524 g/mol. The lowest BCUT2D eigenvalue weighted by molar-refractivity contribution is -0.301. The molecule has 0 radical (unpaired) electrons. The first-order valence-electron chi connectivity index (χ1n) is 13.8. The van der Waals surface area contributed by atoms with Crippen LogP contribution in [0.5, 0.6) is 0 Å². The van der Waals surface area contributed by atoms with E-state index in [0.29, 0.717) is 23.8 Å². The first-order valence-corrected chi connectivity index (χ1v) is 15.2. The van der Waals surface area contributed by atoms with Crippen molar-refractivity contribution < 1.29 is 28.0 Å². The van der Waals surface area contributed by atoms with Crippen LogP contribution in [-0.4, -0.2) is 39.4 Å². The van der Waals surface area contributed by atoms with Crippen molar-refractivity contribution in [1.29, 1.82) is 0 Å². The Balaban J connectivity index is 1.25. The number of benzene rings is 1. The fraction of sp³-hybridized carbons (Fsp3) is 0.714. The van der Waals surface area contributed by atoms with Crippen molar-refractivity contribution in [1.82, 2.24) is 4.72 Å². The van der Waals surface area contributed by atoms with E-state index in [1.54, 1.807) is 12.1 Å². The first-order chi connectivity index (χ1) is 17.4. The highest BCUT2D eigenvalue weighted by Crippen LogP contribution is 2.27. The lowest BCUT2D eigenvalue weighted by atomic mass is 9.97. The monoisotopic (exact) mass is 523 g/mol. The Hall–Kier alpha value is -1.29. The van der Waals surface area contributed by atoms with Crippen LogP contribution in [0, 0.1) is 5.92 Å². The maximum atomic E-state index is 12.6. The molecule has 8 heteroatoms. The summed E-state index contributed by atoms with van der Waals surface area (Å²) in [6.45, 7) is 8.39. The van der Waals surface area contributed by atoms with Gasteiger partial charge in [-0.2, -0.15) is 0 Å². The molecule has 3 rings (SSSR count). The van der Waals surface area contributed by atoms with Crippen molar-refractivity contribution in [3.05, 3.63) is 42.5 Å². The Bertz CT molecular complexity index is 875. The number of hydrogen-bond acceptors (Lipinski definition) is 6. The Labute approximate surface area is 217 Å². The van der Waals surface area contributed by atoms with Crippen molar-refractivity contribution in [3.8, 4) is 0 Å². The Morgan fingerprint density at radius 1 is 0.917 bits per heavy atom. The van der Waals surface area contributed by atoms with Crippen LogP contribution in [0.1, 0.15) is 90.0 Å². The summed E-state index contributed by atoms with van der Waals surface area (Å²) in [5.74, 6) is 0.325. The normalized spacial score (nSPS) is 25.3. The average Bonchev–Trinajstić information content (AvgIpc) is 3.53. The van der Waals surface area contributed by atoms with Crippen molar-refractivity contribution in [2.45, 2.75) is 120 Å². The summed E-state index contributed by atoms with van der Waals surface area (Å²) in [5.41, 5.74) is 1.17. The zero-order chi connectivity index (χ0) is 25.8. The number of hydrogen-bond donors (Lipinski definition) is 1. The number of sulfonamides is 1.